The summed E-state index contributed by atoms with van der Waals surface area (Å²) in [5, 5.41) is 11.8. The maximum Gasteiger partial charge on any atom is 0.335 e. The van der Waals surface area contributed by atoms with E-state index >= 15 is 0 Å². The highest BCUT2D eigenvalue weighted by Gasteiger charge is 2.07. The fraction of sp³-hybridized carbons (Fsp3) is 0.333. The van der Waals surface area contributed by atoms with Gasteiger partial charge >= 0.3 is 5.97 Å². The summed E-state index contributed by atoms with van der Waals surface area (Å²) in [6.07, 6.45) is 0.897. The number of ether oxygens (including phenoxy) is 1. The van der Waals surface area contributed by atoms with Crippen LogP contribution in [0, 0.1) is 5.92 Å². The Bertz CT molecular complexity index is 738. The normalized spacial score (nSPS) is 10.6. The first-order valence-corrected chi connectivity index (χ1v) is 8.74. The molecule has 0 saturated heterocycles. The van der Waals surface area contributed by atoms with E-state index < -0.39 is 5.97 Å². The van der Waals surface area contributed by atoms with Crippen LogP contribution in [0.5, 0.6) is 5.75 Å². The van der Waals surface area contributed by atoms with Gasteiger partial charge in [-0.1, -0.05) is 38.1 Å². The smallest absolute Gasteiger partial charge is 0.335 e. The Balaban J connectivity index is 1.76. The van der Waals surface area contributed by atoms with Crippen molar-refractivity contribution < 1.29 is 19.4 Å². The van der Waals surface area contributed by atoms with Gasteiger partial charge in [-0.3, -0.25) is 4.79 Å². The van der Waals surface area contributed by atoms with Gasteiger partial charge in [-0.15, -0.1) is 0 Å². The summed E-state index contributed by atoms with van der Waals surface area (Å²) in [4.78, 5) is 23.0. The molecule has 0 spiro atoms. The maximum absolute atomic E-state index is 12.0. The molecule has 0 saturated carbocycles. The second kappa shape index (κ2) is 9.61. The van der Waals surface area contributed by atoms with E-state index in [1.807, 2.05) is 24.3 Å². The van der Waals surface area contributed by atoms with Gasteiger partial charge in [-0.05, 0) is 47.7 Å². The SMILES string of the molecule is CC(C)COc1ccc(CCNC(=O)Cc2cccc(C(=O)O)c2)cc1. The summed E-state index contributed by atoms with van der Waals surface area (Å²) < 4.78 is 5.65. The molecule has 0 heterocycles. The molecule has 2 rings (SSSR count). The van der Waals surface area contributed by atoms with E-state index in [4.69, 9.17) is 9.84 Å². The van der Waals surface area contributed by atoms with Gasteiger partial charge in [-0.2, -0.15) is 0 Å². The molecule has 0 aromatic heterocycles. The Morgan fingerprint density at radius 3 is 2.46 bits per heavy atom. The summed E-state index contributed by atoms with van der Waals surface area (Å²) in [7, 11) is 0. The molecule has 0 radical (unpaired) electrons. The van der Waals surface area contributed by atoms with Gasteiger partial charge in [0.25, 0.3) is 0 Å². The van der Waals surface area contributed by atoms with Gasteiger partial charge in [0.15, 0.2) is 0 Å². The summed E-state index contributed by atoms with van der Waals surface area (Å²) in [5.41, 5.74) is 2.00. The van der Waals surface area contributed by atoms with Gasteiger partial charge in [0.2, 0.25) is 5.91 Å². The van der Waals surface area contributed by atoms with Gasteiger partial charge in [0.1, 0.15) is 5.75 Å². The highest BCUT2D eigenvalue weighted by Crippen LogP contribution is 2.13. The highest BCUT2D eigenvalue weighted by atomic mass is 16.5. The Kier molecular flexibility index (Phi) is 7.21. The number of hydrogen-bond acceptors (Lipinski definition) is 3. The molecule has 0 unspecified atom stereocenters. The minimum atomic E-state index is -0.993. The van der Waals surface area contributed by atoms with Crippen LogP contribution in [0.3, 0.4) is 0 Å². The first-order chi connectivity index (χ1) is 12.4. The Morgan fingerprint density at radius 2 is 1.81 bits per heavy atom. The van der Waals surface area contributed by atoms with Crippen LogP contribution in [0.2, 0.25) is 0 Å². The van der Waals surface area contributed by atoms with E-state index in [2.05, 4.69) is 19.2 Å². The summed E-state index contributed by atoms with van der Waals surface area (Å²) in [5.74, 6) is 0.225. The number of carbonyl (C=O) groups is 2. The minimum Gasteiger partial charge on any atom is -0.493 e. The van der Waals surface area contributed by atoms with E-state index in [1.54, 1.807) is 12.1 Å². The first kappa shape index (κ1) is 19.5. The molecular weight excluding hydrogens is 330 g/mol. The molecule has 2 aromatic rings. The van der Waals surface area contributed by atoms with Crippen LogP contribution < -0.4 is 10.1 Å². The van der Waals surface area contributed by atoms with Crippen molar-refractivity contribution in [3.05, 3.63) is 65.2 Å². The molecule has 2 N–H and O–H groups in total. The van der Waals surface area contributed by atoms with Crippen LogP contribution in [-0.2, 0) is 17.6 Å². The average molecular weight is 355 g/mol. The molecule has 0 aliphatic heterocycles. The number of rotatable bonds is 9. The maximum atomic E-state index is 12.0. The van der Waals surface area contributed by atoms with Gasteiger partial charge < -0.3 is 15.2 Å². The van der Waals surface area contributed by atoms with E-state index in [0.717, 1.165) is 17.7 Å². The van der Waals surface area contributed by atoms with Crippen LogP contribution >= 0.6 is 0 Å². The van der Waals surface area contributed by atoms with Crippen LogP contribution in [0.1, 0.15) is 35.3 Å². The molecule has 0 aliphatic rings. The number of hydrogen-bond donors (Lipinski definition) is 2. The van der Waals surface area contributed by atoms with Crippen molar-refractivity contribution in [1.82, 2.24) is 5.32 Å². The van der Waals surface area contributed by atoms with Gasteiger partial charge in [0, 0.05) is 6.54 Å². The quantitative estimate of drug-likeness (QED) is 0.723. The average Bonchev–Trinajstić information content (AvgIpc) is 2.61. The van der Waals surface area contributed by atoms with Crippen molar-refractivity contribution in [2.75, 3.05) is 13.2 Å². The van der Waals surface area contributed by atoms with Crippen molar-refractivity contribution in [1.29, 1.82) is 0 Å². The number of carboxylic acids is 1. The lowest BCUT2D eigenvalue weighted by molar-refractivity contribution is -0.120. The zero-order valence-corrected chi connectivity index (χ0v) is 15.2. The molecule has 0 aliphatic carbocycles. The molecule has 26 heavy (non-hydrogen) atoms. The molecule has 0 atom stereocenters. The van der Waals surface area contributed by atoms with Crippen molar-refractivity contribution in [3.8, 4) is 5.75 Å². The third kappa shape index (κ3) is 6.59. The summed E-state index contributed by atoms with van der Waals surface area (Å²) >= 11 is 0. The van der Waals surface area contributed by atoms with Crippen molar-refractivity contribution in [2.24, 2.45) is 5.92 Å². The largest absolute Gasteiger partial charge is 0.493 e. The molecule has 0 fully saturated rings. The number of benzene rings is 2. The second-order valence-electron chi connectivity index (χ2n) is 6.63. The monoisotopic (exact) mass is 355 g/mol. The molecule has 0 bridgehead atoms. The van der Waals surface area contributed by atoms with Crippen LogP contribution in [-0.4, -0.2) is 30.1 Å². The van der Waals surface area contributed by atoms with E-state index in [-0.39, 0.29) is 17.9 Å². The Morgan fingerprint density at radius 1 is 1.08 bits per heavy atom. The molecular formula is C21H25NO4. The number of carbonyl (C=O) groups excluding carboxylic acids is 1. The van der Waals surface area contributed by atoms with Gasteiger partial charge in [0.05, 0.1) is 18.6 Å². The van der Waals surface area contributed by atoms with E-state index in [9.17, 15) is 9.59 Å². The van der Waals surface area contributed by atoms with Crippen LogP contribution in [0.25, 0.3) is 0 Å². The molecule has 138 valence electrons. The number of carboxylic acid groups (broad SMARTS) is 1. The topological polar surface area (TPSA) is 75.6 Å². The van der Waals surface area contributed by atoms with Crippen molar-refractivity contribution >= 4 is 11.9 Å². The predicted molar refractivity (Wildman–Crippen MR) is 101 cm³/mol. The van der Waals surface area contributed by atoms with Crippen LogP contribution in [0.4, 0.5) is 0 Å². The molecule has 1 amide bonds. The summed E-state index contributed by atoms with van der Waals surface area (Å²) in [6.45, 7) is 5.44. The predicted octanol–water partition coefficient (Wildman–Crippen LogP) is 3.32. The van der Waals surface area contributed by atoms with E-state index in [0.29, 0.717) is 24.6 Å². The Hall–Kier alpha value is -2.82. The van der Waals surface area contributed by atoms with Crippen molar-refractivity contribution in [2.45, 2.75) is 26.7 Å². The van der Waals surface area contributed by atoms with Crippen molar-refractivity contribution in [3.63, 3.8) is 0 Å². The molecule has 5 heteroatoms. The highest BCUT2D eigenvalue weighted by molar-refractivity contribution is 5.88. The lowest BCUT2D eigenvalue weighted by atomic mass is 10.1. The van der Waals surface area contributed by atoms with E-state index in [1.165, 1.54) is 12.1 Å². The first-order valence-electron chi connectivity index (χ1n) is 8.74. The summed E-state index contributed by atoms with van der Waals surface area (Å²) in [6, 6.07) is 14.3. The standard InChI is InChI=1S/C21H25NO4/c1-15(2)14-26-19-8-6-16(7-9-19)10-11-22-20(23)13-17-4-3-5-18(12-17)21(24)25/h3-9,12,15H,10-11,13-14H2,1-2H3,(H,22,23)(H,24,25). The fourth-order valence-corrected chi connectivity index (χ4v) is 2.42. The lowest BCUT2D eigenvalue weighted by Crippen LogP contribution is -2.27. The zero-order chi connectivity index (χ0) is 18.9. The number of aromatic carboxylic acids is 1. The third-order valence-electron chi connectivity index (χ3n) is 3.78. The molecule has 2 aromatic carbocycles. The minimum absolute atomic E-state index is 0.121. The third-order valence-corrected chi connectivity index (χ3v) is 3.78. The fourth-order valence-electron chi connectivity index (χ4n) is 2.42. The zero-order valence-electron chi connectivity index (χ0n) is 15.2. The number of nitrogens with one attached hydrogen (secondary N) is 1. The Labute approximate surface area is 154 Å². The number of amides is 1. The molecule has 5 nitrogen and oxygen atoms in total. The van der Waals surface area contributed by atoms with Gasteiger partial charge in [-0.25, -0.2) is 4.79 Å². The lowest BCUT2D eigenvalue weighted by Gasteiger charge is -2.10. The second-order valence-corrected chi connectivity index (χ2v) is 6.63. The van der Waals surface area contributed by atoms with Crippen LogP contribution in [0.15, 0.2) is 48.5 Å².